The molecule has 0 bridgehead atoms. The van der Waals surface area contributed by atoms with Gasteiger partial charge in [-0.05, 0) is 36.8 Å². The number of fused-ring (bicyclic) bond motifs is 1. The van der Waals surface area contributed by atoms with E-state index >= 15 is 0 Å². The molecular formula is C18H17F3N4O2. The van der Waals surface area contributed by atoms with Crippen molar-refractivity contribution in [3.05, 3.63) is 59.9 Å². The molecule has 0 saturated carbocycles. The van der Waals surface area contributed by atoms with E-state index in [1.165, 1.54) is 30.5 Å². The molecule has 1 aliphatic rings. The Morgan fingerprint density at radius 1 is 1.26 bits per heavy atom. The lowest BCUT2D eigenvalue weighted by molar-refractivity contribution is -0.154. The van der Waals surface area contributed by atoms with Gasteiger partial charge in [-0.15, -0.1) is 0 Å². The SMILES string of the molecule is C=CC(=O)Nc1ccc(C(=O)NC2Cc3[nH]ncc3C(C(F)(F)F)C2)cc1. The lowest BCUT2D eigenvalue weighted by Gasteiger charge is -2.30. The number of nitrogens with zero attached hydrogens (tertiary/aromatic N) is 1. The van der Waals surface area contributed by atoms with Crippen molar-refractivity contribution in [2.45, 2.75) is 31.0 Å². The molecule has 0 radical (unpaired) electrons. The van der Waals surface area contributed by atoms with Gasteiger partial charge >= 0.3 is 6.18 Å². The van der Waals surface area contributed by atoms with E-state index in [0.29, 0.717) is 11.4 Å². The number of hydrogen-bond donors (Lipinski definition) is 3. The normalized spacial score (nSPS) is 19.1. The van der Waals surface area contributed by atoms with E-state index in [2.05, 4.69) is 27.4 Å². The van der Waals surface area contributed by atoms with E-state index in [1.54, 1.807) is 0 Å². The fourth-order valence-electron chi connectivity index (χ4n) is 3.11. The van der Waals surface area contributed by atoms with Crippen LogP contribution in [0.3, 0.4) is 0 Å². The van der Waals surface area contributed by atoms with Gasteiger partial charge in [0.2, 0.25) is 5.91 Å². The highest BCUT2D eigenvalue weighted by Gasteiger charge is 2.46. The zero-order chi connectivity index (χ0) is 19.6. The summed E-state index contributed by atoms with van der Waals surface area (Å²) in [5, 5.41) is 11.5. The molecule has 1 heterocycles. The molecule has 6 nitrogen and oxygen atoms in total. The number of halogens is 3. The summed E-state index contributed by atoms with van der Waals surface area (Å²) >= 11 is 0. The third-order valence-electron chi connectivity index (χ3n) is 4.43. The van der Waals surface area contributed by atoms with Gasteiger partial charge in [0.05, 0.1) is 12.1 Å². The predicted molar refractivity (Wildman–Crippen MR) is 92.2 cm³/mol. The van der Waals surface area contributed by atoms with Crippen LogP contribution in [0.25, 0.3) is 0 Å². The average Bonchev–Trinajstić information content (AvgIpc) is 3.09. The Balaban J connectivity index is 1.69. The molecule has 27 heavy (non-hydrogen) atoms. The molecule has 0 aliphatic heterocycles. The van der Waals surface area contributed by atoms with Crippen LogP contribution >= 0.6 is 0 Å². The zero-order valence-electron chi connectivity index (χ0n) is 14.1. The molecule has 3 rings (SSSR count). The maximum absolute atomic E-state index is 13.3. The number of carbonyl (C=O) groups is 2. The molecule has 2 unspecified atom stereocenters. The first-order valence-corrected chi connectivity index (χ1v) is 8.21. The van der Waals surface area contributed by atoms with Gasteiger partial charge in [0.25, 0.3) is 5.91 Å². The van der Waals surface area contributed by atoms with Gasteiger partial charge in [-0.3, -0.25) is 14.7 Å². The molecule has 1 aromatic heterocycles. The van der Waals surface area contributed by atoms with Crippen molar-refractivity contribution in [2.24, 2.45) is 0 Å². The highest BCUT2D eigenvalue weighted by atomic mass is 19.4. The number of anilines is 1. The van der Waals surface area contributed by atoms with Crippen LogP contribution in [0.15, 0.2) is 43.1 Å². The Morgan fingerprint density at radius 3 is 2.59 bits per heavy atom. The molecule has 3 N–H and O–H groups in total. The fraction of sp³-hybridized carbons (Fsp3) is 0.278. The van der Waals surface area contributed by atoms with Crippen molar-refractivity contribution < 1.29 is 22.8 Å². The molecule has 2 aromatic rings. The van der Waals surface area contributed by atoms with Crippen molar-refractivity contribution in [1.29, 1.82) is 0 Å². The first-order valence-electron chi connectivity index (χ1n) is 8.21. The number of benzene rings is 1. The van der Waals surface area contributed by atoms with E-state index in [4.69, 9.17) is 0 Å². The summed E-state index contributed by atoms with van der Waals surface area (Å²) in [4.78, 5) is 23.6. The van der Waals surface area contributed by atoms with Crippen LogP contribution in [0.1, 0.15) is 34.0 Å². The van der Waals surface area contributed by atoms with E-state index in [-0.39, 0.29) is 29.9 Å². The number of H-pyrrole nitrogens is 1. The summed E-state index contributed by atoms with van der Waals surface area (Å²) < 4.78 is 39.9. The summed E-state index contributed by atoms with van der Waals surface area (Å²) in [6.45, 7) is 3.34. The van der Waals surface area contributed by atoms with Gasteiger partial charge in [-0.1, -0.05) is 6.58 Å². The number of hydrogen-bond acceptors (Lipinski definition) is 3. The number of amides is 2. The molecule has 2 amide bonds. The number of alkyl halides is 3. The molecule has 2 atom stereocenters. The van der Waals surface area contributed by atoms with Gasteiger partial charge in [0.1, 0.15) is 0 Å². The van der Waals surface area contributed by atoms with Gasteiger partial charge < -0.3 is 10.6 Å². The van der Waals surface area contributed by atoms with Gasteiger partial charge in [-0.25, -0.2) is 0 Å². The highest BCUT2D eigenvalue weighted by Crippen LogP contribution is 2.42. The van der Waals surface area contributed by atoms with Gasteiger partial charge in [0.15, 0.2) is 0 Å². The topological polar surface area (TPSA) is 86.9 Å². The Labute approximate surface area is 152 Å². The number of nitrogens with one attached hydrogen (secondary N) is 3. The zero-order valence-corrected chi connectivity index (χ0v) is 14.1. The third-order valence-corrected chi connectivity index (χ3v) is 4.43. The van der Waals surface area contributed by atoms with E-state index in [1.807, 2.05) is 0 Å². The fourth-order valence-corrected chi connectivity index (χ4v) is 3.11. The van der Waals surface area contributed by atoms with Gasteiger partial charge in [-0.2, -0.15) is 18.3 Å². The van der Waals surface area contributed by atoms with Crippen molar-refractivity contribution >= 4 is 17.5 Å². The van der Waals surface area contributed by atoms with Crippen LogP contribution in [-0.4, -0.2) is 34.2 Å². The molecule has 1 aromatic carbocycles. The number of aromatic nitrogens is 2. The molecule has 1 aliphatic carbocycles. The van der Waals surface area contributed by atoms with Crippen LogP contribution < -0.4 is 10.6 Å². The lowest BCUT2D eigenvalue weighted by Crippen LogP contribution is -2.42. The van der Waals surface area contributed by atoms with Crippen LogP contribution in [0.5, 0.6) is 0 Å². The quantitative estimate of drug-likeness (QED) is 0.715. The van der Waals surface area contributed by atoms with Crippen molar-refractivity contribution in [2.75, 3.05) is 5.32 Å². The summed E-state index contributed by atoms with van der Waals surface area (Å²) in [6.07, 6.45) is -2.09. The minimum atomic E-state index is -4.41. The summed E-state index contributed by atoms with van der Waals surface area (Å²) in [7, 11) is 0. The van der Waals surface area contributed by atoms with Crippen molar-refractivity contribution in [3.8, 4) is 0 Å². The lowest BCUT2D eigenvalue weighted by atomic mass is 9.83. The smallest absolute Gasteiger partial charge is 0.349 e. The van der Waals surface area contributed by atoms with Crippen LogP contribution in [0, 0.1) is 0 Å². The first-order chi connectivity index (χ1) is 12.8. The van der Waals surface area contributed by atoms with E-state index < -0.39 is 24.0 Å². The largest absolute Gasteiger partial charge is 0.395 e. The minimum Gasteiger partial charge on any atom is -0.349 e. The average molecular weight is 378 g/mol. The summed E-state index contributed by atoms with van der Waals surface area (Å²) in [6, 6.07) is 5.36. The Hall–Kier alpha value is -3.10. The summed E-state index contributed by atoms with van der Waals surface area (Å²) in [5.74, 6) is -2.53. The van der Waals surface area contributed by atoms with Gasteiger partial charge in [0, 0.05) is 35.0 Å². The summed E-state index contributed by atoms with van der Waals surface area (Å²) in [5.41, 5.74) is 1.28. The van der Waals surface area contributed by atoms with Crippen molar-refractivity contribution in [3.63, 3.8) is 0 Å². The van der Waals surface area contributed by atoms with E-state index in [9.17, 15) is 22.8 Å². The standard InChI is InChI=1S/C18H17F3N4O2/c1-2-16(26)23-11-5-3-10(4-6-11)17(27)24-12-7-14(18(19,20)21)13-9-22-25-15(13)8-12/h2-6,9,12,14H,1,7-8H2,(H,22,25)(H,23,26)(H,24,27). The predicted octanol–water partition coefficient (Wildman–Crippen LogP) is 2.92. The first kappa shape index (κ1) is 18.7. The number of rotatable bonds is 4. The van der Waals surface area contributed by atoms with E-state index in [0.717, 1.165) is 6.08 Å². The number of aromatic amines is 1. The highest BCUT2D eigenvalue weighted by molar-refractivity contribution is 5.99. The Bertz CT molecular complexity index is 858. The third kappa shape index (κ3) is 4.18. The number of carbonyl (C=O) groups excluding carboxylic acids is 2. The molecular weight excluding hydrogens is 361 g/mol. The Morgan fingerprint density at radius 2 is 1.96 bits per heavy atom. The second-order valence-corrected chi connectivity index (χ2v) is 6.28. The molecule has 9 heteroatoms. The molecule has 0 spiro atoms. The monoisotopic (exact) mass is 378 g/mol. The maximum Gasteiger partial charge on any atom is 0.395 e. The molecule has 0 fully saturated rings. The van der Waals surface area contributed by atoms with Crippen LogP contribution in [-0.2, 0) is 11.2 Å². The second kappa shape index (κ2) is 7.26. The van der Waals surface area contributed by atoms with Crippen LogP contribution in [0.2, 0.25) is 0 Å². The van der Waals surface area contributed by atoms with Crippen LogP contribution in [0.4, 0.5) is 18.9 Å². The second-order valence-electron chi connectivity index (χ2n) is 6.28. The molecule has 0 saturated heterocycles. The Kier molecular flexibility index (Phi) is 5.02. The minimum absolute atomic E-state index is 0.135. The van der Waals surface area contributed by atoms with Crippen molar-refractivity contribution in [1.82, 2.24) is 15.5 Å². The maximum atomic E-state index is 13.3. The molecule has 142 valence electrons.